The van der Waals surface area contributed by atoms with Crippen molar-refractivity contribution in [2.45, 2.75) is 43.7 Å². The largest absolute Gasteiger partial charge is 0.357 e. The Morgan fingerprint density at radius 2 is 1.58 bits per heavy atom. The molecule has 198 valence electrons. The number of carbonyl (C=O) groups is 3. The molecule has 1 heterocycles. The van der Waals surface area contributed by atoms with Crippen LogP contribution in [0.1, 0.15) is 39.9 Å². The number of nitrogens with zero attached hydrogens (tertiary/aromatic N) is 2. The van der Waals surface area contributed by atoms with Gasteiger partial charge in [-0.15, -0.1) is 0 Å². The summed E-state index contributed by atoms with van der Waals surface area (Å²) in [7, 11) is -2.41. The molecule has 0 bridgehead atoms. The number of fused-ring (bicyclic) bond motifs is 1. The molecule has 1 atom stereocenters. The molecule has 1 N–H and O–H groups in total. The second-order valence-electron chi connectivity index (χ2n) is 9.31. The Balaban J connectivity index is 1.53. The zero-order valence-electron chi connectivity index (χ0n) is 21.5. The Morgan fingerprint density at radius 3 is 2.24 bits per heavy atom. The van der Waals surface area contributed by atoms with Gasteiger partial charge in [0, 0.05) is 33.0 Å². The number of benzene rings is 3. The summed E-state index contributed by atoms with van der Waals surface area (Å²) < 4.78 is 26.6. The van der Waals surface area contributed by atoms with Gasteiger partial charge in [0.2, 0.25) is 11.8 Å². The average molecular weight is 534 g/mol. The van der Waals surface area contributed by atoms with E-state index in [9.17, 15) is 22.8 Å². The Hall–Kier alpha value is -3.98. The Kier molecular flexibility index (Phi) is 8.26. The molecule has 0 saturated heterocycles. The van der Waals surface area contributed by atoms with Crippen LogP contribution in [0.25, 0.3) is 0 Å². The average Bonchev–Trinajstić information content (AvgIpc) is 3.12. The smallest absolute Gasteiger partial charge is 0.269 e. The predicted octanol–water partition coefficient (Wildman–Crippen LogP) is 3.31. The van der Waals surface area contributed by atoms with Crippen molar-refractivity contribution in [1.29, 1.82) is 0 Å². The highest BCUT2D eigenvalue weighted by Crippen LogP contribution is 2.30. The van der Waals surface area contributed by atoms with Crippen LogP contribution in [0.15, 0.2) is 83.8 Å². The molecule has 38 heavy (non-hydrogen) atoms. The van der Waals surface area contributed by atoms with Crippen LogP contribution in [0.3, 0.4) is 0 Å². The monoisotopic (exact) mass is 533 g/mol. The second-order valence-corrected chi connectivity index (χ2v) is 11.1. The first-order valence-corrected chi connectivity index (χ1v) is 13.9. The zero-order chi connectivity index (χ0) is 27.3. The van der Waals surface area contributed by atoms with Gasteiger partial charge in [-0.3, -0.25) is 14.4 Å². The van der Waals surface area contributed by atoms with Crippen LogP contribution in [0.5, 0.6) is 0 Å². The normalized spacial score (nSPS) is 14.6. The van der Waals surface area contributed by atoms with Crippen LogP contribution in [0, 0.1) is 6.92 Å². The van der Waals surface area contributed by atoms with Crippen molar-refractivity contribution in [3.05, 3.63) is 101 Å². The third-order valence-corrected chi connectivity index (χ3v) is 8.50. The summed E-state index contributed by atoms with van der Waals surface area (Å²) in [5.41, 5.74) is 3.01. The third kappa shape index (κ3) is 5.78. The number of aryl methyl sites for hydroxylation is 1. The first-order chi connectivity index (χ1) is 18.2. The fraction of sp³-hybridized carbons (Fsp3) is 0.276. The Morgan fingerprint density at radius 1 is 0.921 bits per heavy atom. The molecular formula is C29H31N3O5S. The van der Waals surface area contributed by atoms with Crippen molar-refractivity contribution in [2.75, 3.05) is 13.6 Å². The van der Waals surface area contributed by atoms with Crippen LogP contribution < -0.4 is 5.32 Å². The van der Waals surface area contributed by atoms with E-state index in [-0.39, 0.29) is 48.2 Å². The molecule has 0 aliphatic carbocycles. The number of hydrogen-bond acceptors (Lipinski definition) is 5. The number of nitrogens with one attached hydrogen (secondary N) is 1. The quantitative estimate of drug-likeness (QED) is 0.431. The first-order valence-electron chi connectivity index (χ1n) is 12.5. The minimum atomic E-state index is -3.95. The fourth-order valence-electron chi connectivity index (χ4n) is 4.58. The first kappa shape index (κ1) is 27.1. The Labute approximate surface area is 223 Å². The van der Waals surface area contributed by atoms with E-state index in [1.807, 2.05) is 61.5 Å². The minimum absolute atomic E-state index is 0.0140. The van der Waals surface area contributed by atoms with E-state index < -0.39 is 22.0 Å². The lowest BCUT2D eigenvalue weighted by Gasteiger charge is -2.31. The number of carbonyl (C=O) groups excluding carboxylic acids is 3. The molecule has 0 fully saturated rings. The molecule has 0 spiro atoms. The van der Waals surface area contributed by atoms with E-state index >= 15 is 0 Å². The Bertz CT molecular complexity index is 1420. The second kappa shape index (κ2) is 11.6. The van der Waals surface area contributed by atoms with Crippen molar-refractivity contribution in [3.8, 4) is 0 Å². The van der Waals surface area contributed by atoms with Gasteiger partial charge in [-0.05, 0) is 36.6 Å². The van der Waals surface area contributed by atoms with Crippen molar-refractivity contribution in [1.82, 2.24) is 14.5 Å². The predicted molar refractivity (Wildman–Crippen MR) is 144 cm³/mol. The molecule has 0 unspecified atom stereocenters. The lowest BCUT2D eigenvalue weighted by atomic mass is 10.0. The molecule has 1 aliphatic rings. The van der Waals surface area contributed by atoms with Gasteiger partial charge in [-0.1, -0.05) is 72.3 Å². The molecule has 0 radical (unpaired) electrons. The van der Waals surface area contributed by atoms with E-state index in [0.29, 0.717) is 6.42 Å². The van der Waals surface area contributed by atoms with E-state index in [0.717, 1.165) is 21.0 Å². The molecular weight excluding hydrogens is 502 g/mol. The number of sulfonamides is 1. The van der Waals surface area contributed by atoms with E-state index in [4.69, 9.17) is 0 Å². The summed E-state index contributed by atoms with van der Waals surface area (Å²) in [6, 6.07) is 22.5. The van der Waals surface area contributed by atoms with Crippen LogP contribution in [-0.2, 0) is 32.6 Å². The van der Waals surface area contributed by atoms with Crippen molar-refractivity contribution in [2.24, 2.45) is 0 Å². The maximum atomic E-state index is 13.6. The van der Waals surface area contributed by atoms with E-state index in [1.165, 1.54) is 19.2 Å². The number of amides is 3. The molecule has 3 aromatic rings. The summed E-state index contributed by atoms with van der Waals surface area (Å²) in [6.45, 7) is 2.07. The molecule has 4 rings (SSSR count). The summed E-state index contributed by atoms with van der Waals surface area (Å²) in [5, 5.41) is 2.68. The van der Waals surface area contributed by atoms with Gasteiger partial charge in [0.1, 0.15) is 10.9 Å². The maximum absolute atomic E-state index is 13.6. The topological polar surface area (TPSA) is 104 Å². The van der Waals surface area contributed by atoms with E-state index in [1.54, 1.807) is 17.0 Å². The summed E-state index contributed by atoms with van der Waals surface area (Å²) in [4.78, 5) is 40.9. The minimum Gasteiger partial charge on any atom is -0.357 e. The van der Waals surface area contributed by atoms with Crippen LogP contribution in [-0.4, -0.2) is 55.0 Å². The molecule has 1 aliphatic heterocycles. The van der Waals surface area contributed by atoms with Gasteiger partial charge < -0.3 is 10.2 Å². The lowest BCUT2D eigenvalue weighted by molar-refractivity contribution is -0.141. The molecule has 3 aromatic carbocycles. The summed E-state index contributed by atoms with van der Waals surface area (Å²) in [5.74, 6) is -1.17. The van der Waals surface area contributed by atoms with Gasteiger partial charge in [0.05, 0.1) is 5.56 Å². The van der Waals surface area contributed by atoms with Gasteiger partial charge in [-0.2, -0.15) is 0 Å². The number of hydrogen-bond donors (Lipinski definition) is 1. The lowest BCUT2D eigenvalue weighted by Crippen LogP contribution is -2.49. The van der Waals surface area contributed by atoms with Crippen LogP contribution >= 0.6 is 0 Å². The summed E-state index contributed by atoms with van der Waals surface area (Å²) in [6.07, 6.45) is 0.435. The number of rotatable bonds is 10. The highest BCUT2D eigenvalue weighted by atomic mass is 32.2. The SMILES string of the molecule is CNC(=O)[C@H](Cc1ccccc1)N(Cc1ccc(C)cc1)C(=O)CCCN1C(=O)c2ccccc2S1(=O)=O. The highest BCUT2D eigenvalue weighted by Gasteiger charge is 2.40. The molecule has 3 amide bonds. The summed E-state index contributed by atoms with van der Waals surface area (Å²) >= 11 is 0. The third-order valence-electron chi connectivity index (χ3n) is 6.65. The zero-order valence-corrected chi connectivity index (χ0v) is 22.3. The molecule has 0 saturated carbocycles. The van der Waals surface area contributed by atoms with Gasteiger partial charge in [0.25, 0.3) is 15.9 Å². The van der Waals surface area contributed by atoms with Gasteiger partial charge >= 0.3 is 0 Å². The van der Waals surface area contributed by atoms with Crippen LogP contribution in [0.2, 0.25) is 0 Å². The van der Waals surface area contributed by atoms with Gasteiger partial charge in [0.15, 0.2) is 0 Å². The van der Waals surface area contributed by atoms with E-state index in [2.05, 4.69) is 5.32 Å². The maximum Gasteiger partial charge on any atom is 0.269 e. The number of likely N-dealkylation sites (N-methyl/N-ethyl adjacent to an activating group) is 1. The molecule has 9 heteroatoms. The standard InChI is InChI=1S/C29H31N3O5S/c1-21-14-16-23(17-15-21)20-31(25(28(34)30-2)19-22-9-4-3-5-10-22)27(33)13-8-18-32-29(35)24-11-6-7-12-26(24)38(32,36)37/h3-7,9-12,14-17,25H,8,13,18-20H2,1-2H3,(H,30,34)/t25-/m0/s1. The van der Waals surface area contributed by atoms with Crippen molar-refractivity contribution in [3.63, 3.8) is 0 Å². The van der Waals surface area contributed by atoms with Gasteiger partial charge in [-0.25, -0.2) is 12.7 Å². The molecule has 0 aromatic heterocycles. The van der Waals surface area contributed by atoms with Crippen LogP contribution in [0.4, 0.5) is 0 Å². The van der Waals surface area contributed by atoms with Crippen molar-refractivity contribution >= 4 is 27.7 Å². The molecule has 8 nitrogen and oxygen atoms in total. The fourth-order valence-corrected chi connectivity index (χ4v) is 6.19. The van der Waals surface area contributed by atoms with Crippen molar-refractivity contribution < 1.29 is 22.8 Å². The highest BCUT2D eigenvalue weighted by molar-refractivity contribution is 7.90.